The molecule has 0 saturated heterocycles. The third-order valence-corrected chi connectivity index (χ3v) is 4.67. The van der Waals surface area contributed by atoms with Gasteiger partial charge in [0.1, 0.15) is 24.4 Å². The van der Waals surface area contributed by atoms with E-state index in [1.54, 1.807) is 0 Å². The van der Waals surface area contributed by atoms with Crippen molar-refractivity contribution in [3.8, 4) is 0 Å². The fourth-order valence-electron chi connectivity index (χ4n) is 3.12. The van der Waals surface area contributed by atoms with Crippen LogP contribution in [-0.2, 0) is 9.53 Å². The van der Waals surface area contributed by atoms with Gasteiger partial charge in [-0.1, -0.05) is 24.5 Å². The van der Waals surface area contributed by atoms with Crippen molar-refractivity contribution in [1.29, 1.82) is 0 Å². The van der Waals surface area contributed by atoms with Crippen molar-refractivity contribution in [2.75, 3.05) is 6.61 Å². The zero-order valence-corrected chi connectivity index (χ0v) is 15.0. The highest BCUT2D eigenvalue weighted by Crippen LogP contribution is 2.42. The van der Waals surface area contributed by atoms with Crippen LogP contribution in [0.2, 0.25) is 0 Å². The van der Waals surface area contributed by atoms with Gasteiger partial charge in [0.25, 0.3) is 0 Å². The van der Waals surface area contributed by atoms with Crippen LogP contribution in [0.5, 0.6) is 0 Å². The van der Waals surface area contributed by atoms with Crippen molar-refractivity contribution in [3.63, 3.8) is 0 Å². The average Bonchev–Trinajstić information content (AvgIpc) is 2.85. The second kappa shape index (κ2) is 10.4. The number of ether oxygens (including phenoxy) is 1. The van der Waals surface area contributed by atoms with Crippen LogP contribution in [0.25, 0.3) is 0 Å². The molecule has 1 rings (SSSR count). The number of rotatable bonds is 8. The Hall–Kier alpha value is -1.23. The van der Waals surface area contributed by atoms with Crippen LogP contribution < -0.4 is 5.73 Å². The van der Waals surface area contributed by atoms with Crippen molar-refractivity contribution in [3.05, 3.63) is 11.6 Å². The summed E-state index contributed by atoms with van der Waals surface area (Å²) in [6.45, 7) is 1.48. The number of aliphatic hydroxyl groups excluding tert-OH is 3. The summed E-state index contributed by atoms with van der Waals surface area (Å²) in [5.41, 5.74) is 5.33. The predicted molar refractivity (Wildman–Crippen MR) is 88.2 cm³/mol. The molecule has 0 bridgehead atoms. The Morgan fingerprint density at radius 2 is 1.89 bits per heavy atom. The number of carbonyl (C=O) groups is 1. The van der Waals surface area contributed by atoms with E-state index in [4.69, 9.17) is 5.73 Å². The lowest BCUT2D eigenvalue weighted by molar-refractivity contribution is -0.158. The fraction of sp³-hybridized carbons (Fsp3) is 0.824. The summed E-state index contributed by atoms with van der Waals surface area (Å²) < 4.78 is 58.0. The summed E-state index contributed by atoms with van der Waals surface area (Å²) >= 11 is 0. The van der Waals surface area contributed by atoms with E-state index < -0.39 is 48.6 Å². The second-order valence-electron chi connectivity index (χ2n) is 6.62. The van der Waals surface area contributed by atoms with Gasteiger partial charge in [-0.3, -0.25) is 4.79 Å². The average molecular weight is 401 g/mol. The summed E-state index contributed by atoms with van der Waals surface area (Å²) in [5.74, 6) is -7.07. The molecule has 0 aliphatic heterocycles. The zero-order valence-electron chi connectivity index (χ0n) is 15.0. The number of alkyl halides is 4. The molecule has 5 atom stereocenters. The molecule has 5 unspecified atom stereocenters. The third kappa shape index (κ3) is 6.13. The van der Waals surface area contributed by atoms with Crippen molar-refractivity contribution < 1.29 is 42.4 Å². The van der Waals surface area contributed by atoms with Crippen LogP contribution in [0.3, 0.4) is 0 Å². The molecular formula is C17H27F4NO5. The highest BCUT2D eigenvalue weighted by Gasteiger charge is 2.50. The normalized spacial score (nSPS) is 25.0. The minimum atomic E-state index is -4.28. The number of aliphatic hydroxyl groups is 3. The fourth-order valence-corrected chi connectivity index (χ4v) is 3.12. The molecule has 0 aromatic heterocycles. The molecule has 158 valence electrons. The van der Waals surface area contributed by atoms with Crippen LogP contribution in [0.4, 0.5) is 17.6 Å². The van der Waals surface area contributed by atoms with E-state index in [-0.39, 0.29) is 25.0 Å². The molecule has 1 aliphatic rings. The Labute approximate surface area is 155 Å². The molecule has 10 heteroatoms. The largest absolute Gasteiger partial charge is 0.465 e. The van der Waals surface area contributed by atoms with Gasteiger partial charge in [-0.25, -0.2) is 8.78 Å². The molecule has 0 spiro atoms. The molecule has 27 heavy (non-hydrogen) atoms. The first-order valence-corrected chi connectivity index (χ1v) is 8.86. The lowest BCUT2D eigenvalue weighted by Gasteiger charge is -2.29. The minimum Gasteiger partial charge on any atom is -0.465 e. The van der Waals surface area contributed by atoms with Crippen LogP contribution in [-0.4, -0.2) is 64.6 Å². The van der Waals surface area contributed by atoms with Gasteiger partial charge in [0.05, 0.1) is 6.61 Å². The van der Waals surface area contributed by atoms with Gasteiger partial charge in [0.2, 0.25) is 0 Å². The van der Waals surface area contributed by atoms with Gasteiger partial charge < -0.3 is 25.8 Å². The molecule has 1 fully saturated rings. The molecule has 0 radical (unpaired) electrons. The van der Waals surface area contributed by atoms with Crippen molar-refractivity contribution in [2.24, 2.45) is 11.7 Å². The standard InChI is InChI=1S/C17H27F4NO5/c1-2-27-15(26)12(22)14(25)13(24)11(23)8-9-6-4-3-5-7-10(9)17(20,21)16(18)19/h8,10-14,16,23-25H,2-7,22H2,1H3/b9-8-. The number of nitrogens with two attached hydrogens (primary N) is 1. The summed E-state index contributed by atoms with van der Waals surface area (Å²) in [7, 11) is 0. The summed E-state index contributed by atoms with van der Waals surface area (Å²) in [6, 6.07) is -1.67. The third-order valence-electron chi connectivity index (χ3n) is 4.67. The maximum Gasteiger partial charge on any atom is 0.325 e. The van der Waals surface area contributed by atoms with Crippen LogP contribution >= 0.6 is 0 Å². The first kappa shape index (κ1) is 23.8. The Morgan fingerprint density at radius 1 is 1.26 bits per heavy atom. The van der Waals surface area contributed by atoms with Crippen molar-refractivity contribution >= 4 is 5.97 Å². The van der Waals surface area contributed by atoms with Gasteiger partial charge in [-0.2, -0.15) is 8.78 Å². The van der Waals surface area contributed by atoms with Gasteiger partial charge in [0.15, 0.2) is 0 Å². The lowest BCUT2D eigenvalue weighted by Crippen LogP contribution is -2.52. The van der Waals surface area contributed by atoms with E-state index in [1.165, 1.54) is 6.92 Å². The minimum absolute atomic E-state index is 0.0215. The topological polar surface area (TPSA) is 113 Å². The van der Waals surface area contributed by atoms with Gasteiger partial charge in [0, 0.05) is 5.92 Å². The quantitative estimate of drug-likeness (QED) is 0.211. The molecule has 6 nitrogen and oxygen atoms in total. The summed E-state index contributed by atoms with van der Waals surface area (Å²) in [5, 5.41) is 30.0. The van der Waals surface area contributed by atoms with Crippen LogP contribution in [0.15, 0.2) is 11.6 Å². The monoisotopic (exact) mass is 401 g/mol. The van der Waals surface area contributed by atoms with E-state index in [0.717, 1.165) is 6.08 Å². The van der Waals surface area contributed by atoms with E-state index >= 15 is 0 Å². The van der Waals surface area contributed by atoms with Crippen LogP contribution in [0, 0.1) is 5.92 Å². The molecule has 0 heterocycles. The molecule has 1 aliphatic carbocycles. The van der Waals surface area contributed by atoms with Gasteiger partial charge >= 0.3 is 18.3 Å². The first-order valence-electron chi connectivity index (χ1n) is 8.86. The van der Waals surface area contributed by atoms with Gasteiger partial charge in [-0.15, -0.1) is 0 Å². The Morgan fingerprint density at radius 3 is 2.44 bits per heavy atom. The van der Waals surface area contributed by atoms with E-state index in [0.29, 0.717) is 19.3 Å². The Balaban J connectivity index is 2.99. The maximum absolute atomic E-state index is 13.9. The number of esters is 1. The SMILES string of the molecule is CCOC(=O)C(N)C(O)C(O)C(O)/C=C1/CCCCCC1C(F)(F)C(F)F. The number of hydrogen-bond donors (Lipinski definition) is 4. The van der Waals surface area contributed by atoms with E-state index in [1.807, 2.05) is 0 Å². The van der Waals surface area contributed by atoms with Crippen LogP contribution in [0.1, 0.15) is 39.0 Å². The van der Waals surface area contributed by atoms with E-state index in [9.17, 15) is 37.7 Å². The number of carbonyl (C=O) groups excluding carboxylic acids is 1. The second-order valence-corrected chi connectivity index (χ2v) is 6.62. The highest BCUT2D eigenvalue weighted by molar-refractivity contribution is 5.76. The summed E-state index contributed by atoms with van der Waals surface area (Å²) in [4.78, 5) is 11.5. The molecule has 0 aromatic rings. The first-order chi connectivity index (χ1) is 12.5. The lowest BCUT2D eigenvalue weighted by atomic mass is 9.86. The van der Waals surface area contributed by atoms with Crippen molar-refractivity contribution in [1.82, 2.24) is 0 Å². The number of allylic oxidation sites excluding steroid dienone is 1. The Kier molecular flexibility index (Phi) is 9.13. The molecule has 1 saturated carbocycles. The smallest absolute Gasteiger partial charge is 0.325 e. The van der Waals surface area contributed by atoms with Gasteiger partial charge in [-0.05, 0) is 26.2 Å². The zero-order chi connectivity index (χ0) is 20.8. The summed E-state index contributed by atoms with van der Waals surface area (Å²) in [6.07, 6.45) is -7.56. The molecule has 0 aromatic carbocycles. The number of halogens is 4. The molecule has 5 N–H and O–H groups in total. The molecule has 0 amide bonds. The highest BCUT2D eigenvalue weighted by atomic mass is 19.3. The number of hydrogen-bond acceptors (Lipinski definition) is 6. The molecular weight excluding hydrogens is 374 g/mol. The van der Waals surface area contributed by atoms with Crippen molar-refractivity contribution in [2.45, 2.75) is 75.7 Å². The maximum atomic E-state index is 13.9. The Bertz CT molecular complexity index is 518. The predicted octanol–water partition coefficient (Wildman–Crippen LogP) is 1.37. The van der Waals surface area contributed by atoms with E-state index in [2.05, 4.69) is 4.74 Å².